The fraction of sp³-hybridized carbons (Fsp3) is 0.833. The molecule has 0 aliphatic heterocycles. The van der Waals surface area contributed by atoms with Crippen molar-refractivity contribution in [3.8, 4) is 0 Å². The van der Waals surface area contributed by atoms with Gasteiger partial charge in [0.2, 0.25) is 11.8 Å². The van der Waals surface area contributed by atoms with Crippen LogP contribution in [0, 0.1) is 0 Å². The predicted molar refractivity (Wildman–Crippen MR) is 68.4 cm³/mol. The van der Waals surface area contributed by atoms with E-state index in [2.05, 4.69) is 5.32 Å². The second-order valence-corrected chi connectivity index (χ2v) is 4.33. The van der Waals surface area contributed by atoms with Crippen LogP contribution in [-0.2, 0) is 9.59 Å². The summed E-state index contributed by atoms with van der Waals surface area (Å²) in [6.07, 6.45) is 2.59. The molecule has 2 atom stereocenters. The second-order valence-electron chi connectivity index (χ2n) is 4.33. The molecule has 2 amide bonds. The van der Waals surface area contributed by atoms with Crippen molar-refractivity contribution in [2.75, 3.05) is 13.6 Å². The van der Waals surface area contributed by atoms with Crippen LogP contribution >= 0.6 is 0 Å². The average Bonchev–Trinajstić information content (AvgIpc) is 2.33. The van der Waals surface area contributed by atoms with E-state index >= 15 is 0 Å². The van der Waals surface area contributed by atoms with Gasteiger partial charge in [-0.2, -0.15) is 0 Å². The van der Waals surface area contributed by atoms with Gasteiger partial charge in [-0.15, -0.1) is 0 Å². The lowest BCUT2D eigenvalue weighted by atomic mass is 10.1. The third-order valence-corrected chi connectivity index (χ3v) is 2.79. The third-order valence-electron chi connectivity index (χ3n) is 2.79. The van der Waals surface area contributed by atoms with Crippen molar-refractivity contribution in [3.05, 3.63) is 0 Å². The van der Waals surface area contributed by atoms with E-state index in [1.165, 1.54) is 0 Å². The minimum atomic E-state index is -0.517. The molecule has 0 aliphatic rings. The fourth-order valence-corrected chi connectivity index (χ4v) is 1.42. The Hall–Kier alpha value is -1.10. The zero-order valence-electron chi connectivity index (χ0n) is 11.3. The van der Waals surface area contributed by atoms with E-state index in [1.54, 1.807) is 18.9 Å². The van der Waals surface area contributed by atoms with Crippen molar-refractivity contribution in [2.24, 2.45) is 5.73 Å². The van der Waals surface area contributed by atoms with Gasteiger partial charge in [0.1, 0.15) is 6.04 Å². The molecule has 17 heavy (non-hydrogen) atoms. The number of nitrogens with one attached hydrogen (secondary N) is 1. The molecule has 5 heteroatoms. The maximum absolute atomic E-state index is 11.7. The number of carbonyl (C=O) groups is 2. The summed E-state index contributed by atoms with van der Waals surface area (Å²) >= 11 is 0. The van der Waals surface area contributed by atoms with E-state index in [0.717, 1.165) is 12.8 Å². The zero-order chi connectivity index (χ0) is 13.4. The number of nitrogens with zero attached hydrogens (tertiary/aromatic N) is 1. The van der Waals surface area contributed by atoms with E-state index in [1.807, 2.05) is 13.8 Å². The molecule has 3 N–H and O–H groups in total. The maximum Gasteiger partial charge on any atom is 0.244 e. The molecule has 0 spiro atoms. The molecule has 0 aliphatic carbocycles. The van der Waals surface area contributed by atoms with Crippen LogP contribution < -0.4 is 11.1 Å². The van der Waals surface area contributed by atoms with Crippen molar-refractivity contribution < 1.29 is 9.59 Å². The summed E-state index contributed by atoms with van der Waals surface area (Å²) in [4.78, 5) is 25.0. The lowest BCUT2D eigenvalue weighted by Crippen LogP contribution is -2.50. The van der Waals surface area contributed by atoms with E-state index in [-0.39, 0.29) is 11.8 Å². The highest BCUT2D eigenvalue weighted by atomic mass is 16.2. The number of carbonyl (C=O) groups excluding carboxylic acids is 2. The SMILES string of the molecule is CCCCC(N)C(=O)NC(C)C(=O)N(C)CC. The number of amides is 2. The predicted octanol–water partition coefficient (Wildman–Crippen LogP) is 0.487. The summed E-state index contributed by atoms with van der Waals surface area (Å²) in [5, 5.41) is 2.65. The summed E-state index contributed by atoms with van der Waals surface area (Å²) in [5.41, 5.74) is 5.72. The van der Waals surface area contributed by atoms with Gasteiger partial charge in [0.25, 0.3) is 0 Å². The van der Waals surface area contributed by atoms with Gasteiger partial charge in [0.05, 0.1) is 6.04 Å². The Kier molecular flexibility index (Phi) is 7.54. The molecule has 0 bridgehead atoms. The van der Waals surface area contributed by atoms with Gasteiger partial charge >= 0.3 is 0 Å². The number of nitrogens with two attached hydrogens (primary N) is 1. The molecule has 100 valence electrons. The van der Waals surface area contributed by atoms with Crippen LogP contribution in [0.2, 0.25) is 0 Å². The molecular weight excluding hydrogens is 218 g/mol. The number of hydrogen-bond acceptors (Lipinski definition) is 3. The van der Waals surface area contributed by atoms with Gasteiger partial charge in [-0.05, 0) is 20.3 Å². The number of likely N-dealkylation sites (N-methyl/N-ethyl adjacent to an activating group) is 1. The van der Waals surface area contributed by atoms with E-state index in [4.69, 9.17) is 5.73 Å². The Balaban J connectivity index is 4.14. The van der Waals surface area contributed by atoms with E-state index < -0.39 is 12.1 Å². The summed E-state index contributed by atoms with van der Waals surface area (Å²) in [6.45, 7) is 6.24. The summed E-state index contributed by atoms with van der Waals surface area (Å²) in [7, 11) is 1.71. The molecular formula is C12H25N3O2. The van der Waals surface area contributed by atoms with Crippen molar-refractivity contribution in [1.82, 2.24) is 10.2 Å². The lowest BCUT2D eigenvalue weighted by molar-refractivity contribution is -0.135. The lowest BCUT2D eigenvalue weighted by Gasteiger charge is -2.22. The van der Waals surface area contributed by atoms with Crippen molar-refractivity contribution in [3.63, 3.8) is 0 Å². The number of hydrogen-bond donors (Lipinski definition) is 2. The Morgan fingerprint density at radius 1 is 1.35 bits per heavy atom. The van der Waals surface area contributed by atoms with Crippen LogP contribution in [0.3, 0.4) is 0 Å². The zero-order valence-corrected chi connectivity index (χ0v) is 11.3. The van der Waals surface area contributed by atoms with Crippen LogP contribution in [0.1, 0.15) is 40.0 Å². The van der Waals surface area contributed by atoms with Crippen LogP contribution in [0.5, 0.6) is 0 Å². The van der Waals surface area contributed by atoms with Gasteiger partial charge in [-0.1, -0.05) is 19.8 Å². The van der Waals surface area contributed by atoms with Gasteiger partial charge in [0, 0.05) is 13.6 Å². The highest BCUT2D eigenvalue weighted by Crippen LogP contribution is 1.99. The molecule has 0 heterocycles. The Morgan fingerprint density at radius 2 is 1.94 bits per heavy atom. The minimum absolute atomic E-state index is 0.0939. The second kappa shape index (κ2) is 8.06. The van der Waals surface area contributed by atoms with Crippen LogP contribution in [0.25, 0.3) is 0 Å². The maximum atomic E-state index is 11.7. The van der Waals surface area contributed by atoms with Gasteiger partial charge in [-0.3, -0.25) is 9.59 Å². The standard InChI is InChI=1S/C12H25N3O2/c1-5-7-8-10(13)11(16)14-9(3)12(17)15(4)6-2/h9-10H,5-8,13H2,1-4H3,(H,14,16). The molecule has 0 rings (SSSR count). The highest BCUT2D eigenvalue weighted by Gasteiger charge is 2.21. The summed E-state index contributed by atoms with van der Waals surface area (Å²) < 4.78 is 0. The first-order valence-corrected chi connectivity index (χ1v) is 6.24. The molecule has 0 saturated carbocycles. The molecule has 0 aromatic rings. The molecule has 2 unspecified atom stereocenters. The van der Waals surface area contributed by atoms with Crippen molar-refractivity contribution >= 4 is 11.8 Å². The summed E-state index contributed by atoms with van der Waals surface area (Å²) in [6, 6.07) is -1.03. The number of rotatable bonds is 7. The molecule has 0 aromatic carbocycles. The Morgan fingerprint density at radius 3 is 2.41 bits per heavy atom. The molecule has 5 nitrogen and oxygen atoms in total. The Bertz CT molecular complexity index is 256. The van der Waals surface area contributed by atoms with Gasteiger partial charge in [0.15, 0.2) is 0 Å². The third kappa shape index (κ3) is 5.68. The fourth-order valence-electron chi connectivity index (χ4n) is 1.42. The van der Waals surface area contributed by atoms with Crippen molar-refractivity contribution in [1.29, 1.82) is 0 Å². The monoisotopic (exact) mass is 243 g/mol. The van der Waals surface area contributed by atoms with Gasteiger partial charge < -0.3 is 16.0 Å². The molecule has 0 saturated heterocycles. The normalized spacial score (nSPS) is 13.9. The first-order chi connectivity index (χ1) is 7.93. The largest absolute Gasteiger partial charge is 0.344 e. The number of unbranched alkanes of at least 4 members (excludes halogenated alkanes) is 1. The highest BCUT2D eigenvalue weighted by molar-refractivity contribution is 5.89. The molecule has 0 aromatic heterocycles. The molecule has 0 radical (unpaired) electrons. The van der Waals surface area contributed by atoms with Crippen LogP contribution in [0.4, 0.5) is 0 Å². The average molecular weight is 243 g/mol. The topological polar surface area (TPSA) is 75.4 Å². The van der Waals surface area contributed by atoms with Crippen molar-refractivity contribution in [2.45, 2.75) is 52.1 Å². The summed E-state index contributed by atoms with van der Waals surface area (Å²) in [5.74, 6) is -0.340. The Labute approximate surface area is 104 Å². The van der Waals surface area contributed by atoms with E-state index in [0.29, 0.717) is 13.0 Å². The van der Waals surface area contributed by atoms with Crippen LogP contribution in [0.15, 0.2) is 0 Å². The minimum Gasteiger partial charge on any atom is -0.344 e. The molecule has 0 fully saturated rings. The first-order valence-electron chi connectivity index (χ1n) is 6.24. The quantitative estimate of drug-likeness (QED) is 0.683. The smallest absolute Gasteiger partial charge is 0.244 e. The van der Waals surface area contributed by atoms with Crippen LogP contribution in [-0.4, -0.2) is 42.4 Å². The van der Waals surface area contributed by atoms with E-state index in [9.17, 15) is 9.59 Å². The first kappa shape index (κ1) is 15.9. The van der Waals surface area contributed by atoms with Gasteiger partial charge in [-0.25, -0.2) is 0 Å².